The molecule has 0 aromatic carbocycles. The van der Waals surface area contributed by atoms with Crippen molar-refractivity contribution < 1.29 is 24.5 Å². The first-order valence-electron chi connectivity index (χ1n) is 4.96. The van der Waals surface area contributed by atoms with E-state index in [1.54, 1.807) is 20.8 Å². The molecule has 0 atom stereocenters. The maximum Gasteiger partial charge on any atom is 0.275 e. The van der Waals surface area contributed by atoms with Crippen LogP contribution in [0.4, 0.5) is 0 Å². The van der Waals surface area contributed by atoms with E-state index in [2.05, 4.69) is 4.89 Å². The highest BCUT2D eigenvalue weighted by Crippen LogP contribution is 2.26. The van der Waals surface area contributed by atoms with Crippen molar-refractivity contribution >= 4 is 17.3 Å². The van der Waals surface area contributed by atoms with Gasteiger partial charge in [0.25, 0.3) is 5.60 Å². The Morgan fingerprint density at radius 2 is 1.44 bits per heavy atom. The van der Waals surface area contributed by atoms with Gasteiger partial charge in [0, 0.05) is 6.42 Å². The summed E-state index contributed by atoms with van der Waals surface area (Å²) in [5.41, 5.74) is -2.75. The van der Waals surface area contributed by atoms with Crippen LogP contribution in [0.5, 0.6) is 0 Å². The Balaban J connectivity index is 5.29. The first-order chi connectivity index (χ1) is 7.08. The summed E-state index contributed by atoms with van der Waals surface area (Å²) >= 11 is 0. The molecule has 0 aliphatic rings. The number of hydrogen-bond donors (Lipinski definition) is 1. The van der Waals surface area contributed by atoms with E-state index in [9.17, 15) is 14.4 Å². The van der Waals surface area contributed by atoms with E-state index >= 15 is 0 Å². The molecule has 0 saturated carbocycles. The molecule has 16 heavy (non-hydrogen) atoms. The lowest BCUT2D eigenvalue weighted by Gasteiger charge is -2.26. The quantitative estimate of drug-likeness (QED) is 0.438. The first-order valence-corrected chi connectivity index (χ1v) is 4.96. The molecule has 0 rings (SSSR count). The number of rotatable bonds is 5. The topological polar surface area (TPSA) is 80.7 Å². The zero-order valence-corrected chi connectivity index (χ0v) is 10.3. The van der Waals surface area contributed by atoms with Crippen molar-refractivity contribution in [1.82, 2.24) is 0 Å². The molecule has 92 valence electrons. The van der Waals surface area contributed by atoms with Gasteiger partial charge in [0.1, 0.15) is 0 Å². The van der Waals surface area contributed by atoms with Gasteiger partial charge in [0.05, 0.1) is 0 Å². The third kappa shape index (κ3) is 2.96. The Hall–Kier alpha value is -1.07. The van der Waals surface area contributed by atoms with Crippen LogP contribution in [0.2, 0.25) is 0 Å². The fourth-order valence-corrected chi connectivity index (χ4v) is 1.43. The van der Waals surface area contributed by atoms with Crippen LogP contribution in [0.1, 0.15) is 41.0 Å². The minimum absolute atomic E-state index is 0.0350. The molecule has 0 aromatic heterocycles. The maximum atomic E-state index is 11.9. The van der Waals surface area contributed by atoms with Gasteiger partial charge in [-0.1, -0.05) is 20.8 Å². The molecule has 0 aliphatic heterocycles. The van der Waals surface area contributed by atoms with Crippen molar-refractivity contribution in [3.63, 3.8) is 0 Å². The number of Topliss-reactive ketones (excluding diaryl/α,β-unsaturated/α-hetero) is 3. The Bertz CT molecular complexity index is 297. The molecule has 0 heterocycles. The van der Waals surface area contributed by atoms with Crippen molar-refractivity contribution in [1.29, 1.82) is 0 Å². The van der Waals surface area contributed by atoms with Gasteiger partial charge in [0.15, 0.2) is 17.3 Å². The predicted octanol–water partition coefficient (Wildman–Crippen LogP) is 1.40. The highest BCUT2D eigenvalue weighted by Gasteiger charge is 2.50. The molecule has 5 nitrogen and oxygen atoms in total. The van der Waals surface area contributed by atoms with Gasteiger partial charge in [0.2, 0.25) is 0 Å². The molecule has 0 radical (unpaired) electrons. The zero-order chi connectivity index (χ0) is 13.1. The molecule has 5 heteroatoms. The molecule has 0 bridgehead atoms. The van der Waals surface area contributed by atoms with Crippen LogP contribution in [-0.2, 0) is 19.3 Å². The molecule has 0 aromatic rings. The number of hydrogen-bond acceptors (Lipinski definition) is 5. The molecule has 0 saturated heterocycles. The molecular formula is C11H18O5. The highest BCUT2D eigenvalue weighted by molar-refractivity contribution is 6.27. The standard InChI is InChI=1S/C11H18O5/c1-7(12)11(16-15,8(2)13)9(14)6-10(3,4)5/h15H,6H2,1-5H3. The summed E-state index contributed by atoms with van der Waals surface area (Å²) in [6.07, 6.45) is -0.0350. The molecule has 1 N–H and O–H groups in total. The van der Waals surface area contributed by atoms with Crippen molar-refractivity contribution in [2.45, 2.75) is 46.6 Å². The Kier molecular flexibility index (Phi) is 4.52. The van der Waals surface area contributed by atoms with Gasteiger partial charge in [-0.05, 0) is 19.3 Å². The van der Waals surface area contributed by atoms with Crippen LogP contribution in [0, 0.1) is 5.41 Å². The van der Waals surface area contributed by atoms with E-state index in [0.717, 1.165) is 13.8 Å². The molecule has 0 spiro atoms. The van der Waals surface area contributed by atoms with Gasteiger partial charge in [-0.25, -0.2) is 10.1 Å². The second-order valence-electron chi connectivity index (χ2n) is 5.05. The van der Waals surface area contributed by atoms with Crippen LogP contribution in [-0.4, -0.2) is 28.2 Å². The van der Waals surface area contributed by atoms with E-state index in [0.29, 0.717) is 0 Å². The normalized spacial score (nSPS) is 12.4. The maximum absolute atomic E-state index is 11.9. The molecule has 0 unspecified atom stereocenters. The largest absolute Gasteiger partial charge is 0.296 e. The Morgan fingerprint density at radius 3 is 1.62 bits per heavy atom. The third-order valence-electron chi connectivity index (χ3n) is 2.21. The fraction of sp³-hybridized carbons (Fsp3) is 0.727. The second kappa shape index (κ2) is 4.84. The van der Waals surface area contributed by atoms with Crippen molar-refractivity contribution in [2.75, 3.05) is 0 Å². The lowest BCUT2D eigenvalue weighted by molar-refractivity contribution is -0.291. The van der Waals surface area contributed by atoms with Gasteiger partial charge in [-0.15, -0.1) is 0 Å². The van der Waals surface area contributed by atoms with Crippen LogP contribution >= 0.6 is 0 Å². The highest BCUT2D eigenvalue weighted by atomic mass is 17.1. The summed E-state index contributed by atoms with van der Waals surface area (Å²) in [5.74, 6) is -2.34. The van der Waals surface area contributed by atoms with E-state index in [1.807, 2.05) is 0 Å². The Labute approximate surface area is 94.7 Å². The number of carbonyl (C=O) groups is 3. The minimum Gasteiger partial charge on any atom is -0.296 e. The second-order valence-corrected chi connectivity index (χ2v) is 5.05. The lowest BCUT2D eigenvalue weighted by Crippen LogP contribution is -2.54. The lowest BCUT2D eigenvalue weighted by atomic mass is 9.80. The van der Waals surface area contributed by atoms with E-state index in [4.69, 9.17) is 5.26 Å². The predicted molar refractivity (Wildman–Crippen MR) is 56.9 cm³/mol. The van der Waals surface area contributed by atoms with Crippen LogP contribution in [0.25, 0.3) is 0 Å². The average Bonchev–Trinajstić information content (AvgIpc) is 2.00. The SMILES string of the molecule is CC(=O)C(OO)(C(C)=O)C(=O)CC(C)(C)C. The van der Waals surface area contributed by atoms with Crippen LogP contribution in [0.15, 0.2) is 0 Å². The van der Waals surface area contributed by atoms with Crippen LogP contribution in [0.3, 0.4) is 0 Å². The molecule has 0 aliphatic carbocycles. The fourth-order valence-electron chi connectivity index (χ4n) is 1.43. The number of carbonyl (C=O) groups excluding carboxylic acids is 3. The van der Waals surface area contributed by atoms with E-state index < -0.39 is 28.4 Å². The Morgan fingerprint density at radius 1 is 1.06 bits per heavy atom. The van der Waals surface area contributed by atoms with Crippen molar-refractivity contribution in [2.24, 2.45) is 5.41 Å². The summed E-state index contributed by atoms with van der Waals surface area (Å²) in [4.78, 5) is 38.5. The summed E-state index contributed by atoms with van der Waals surface area (Å²) < 4.78 is 0. The van der Waals surface area contributed by atoms with Crippen molar-refractivity contribution in [3.8, 4) is 0 Å². The van der Waals surface area contributed by atoms with Crippen LogP contribution < -0.4 is 0 Å². The smallest absolute Gasteiger partial charge is 0.275 e. The summed E-state index contributed by atoms with van der Waals surface area (Å²) in [6.45, 7) is 7.43. The zero-order valence-electron chi connectivity index (χ0n) is 10.3. The van der Waals surface area contributed by atoms with Gasteiger partial charge in [-0.2, -0.15) is 0 Å². The first kappa shape index (κ1) is 14.9. The van der Waals surface area contributed by atoms with Gasteiger partial charge in [-0.3, -0.25) is 14.4 Å². The average molecular weight is 230 g/mol. The molecule has 0 amide bonds. The van der Waals surface area contributed by atoms with E-state index in [1.165, 1.54) is 0 Å². The monoisotopic (exact) mass is 230 g/mol. The molecule has 0 fully saturated rings. The van der Waals surface area contributed by atoms with E-state index in [-0.39, 0.29) is 6.42 Å². The summed E-state index contributed by atoms with van der Waals surface area (Å²) in [5, 5.41) is 8.72. The van der Waals surface area contributed by atoms with Crippen molar-refractivity contribution in [3.05, 3.63) is 0 Å². The van der Waals surface area contributed by atoms with Gasteiger partial charge >= 0.3 is 0 Å². The van der Waals surface area contributed by atoms with Gasteiger partial charge < -0.3 is 0 Å². The summed E-state index contributed by atoms with van der Waals surface area (Å²) in [6, 6.07) is 0. The minimum atomic E-state index is -2.35. The summed E-state index contributed by atoms with van der Waals surface area (Å²) in [7, 11) is 0. The third-order valence-corrected chi connectivity index (χ3v) is 2.21. The molecular weight excluding hydrogens is 212 g/mol. The number of ketones is 3.